The van der Waals surface area contributed by atoms with Crippen LogP contribution >= 0.6 is 0 Å². The van der Waals surface area contributed by atoms with Crippen molar-refractivity contribution in [2.75, 3.05) is 26.9 Å². The Hall–Kier alpha value is -1.14. The van der Waals surface area contributed by atoms with E-state index in [1.165, 1.54) is 5.56 Å². The van der Waals surface area contributed by atoms with Gasteiger partial charge in [-0.1, -0.05) is 12.1 Å². The van der Waals surface area contributed by atoms with Gasteiger partial charge in [0.25, 0.3) is 0 Å². The molecule has 0 radical (unpaired) electrons. The maximum Gasteiger partial charge on any atom is 0.118 e. The van der Waals surface area contributed by atoms with Gasteiger partial charge in [-0.2, -0.15) is 0 Å². The molecular weight excluding hydrogens is 268 g/mol. The molecule has 1 aromatic carbocycles. The third kappa shape index (κ3) is 3.06. The molecule has 0 amide bonds. The zero-order valence-corrected chi connectivity index (χ0v) is 12.5. The number of rotatable bonds is 4. The maximum absolute atomic E-state index is 6.01. The minimum atomic E-state index is -0.0928. The molecule has 5 heteroatoms. The zero-order chi connectivity index (χ0) is 14.7. The van der Waals surface area contributed by atoms with E-state index < -0.39 is 0 Å². The summed E-state index contributed by atoms with van der Waals surface area (Å²) in [5, 5.41) is 0. The van der Waals surface area contributed by atoms with E-state index in [0.29, 0.717) is 12.5 Å². The highest BCUT2D eigenvalue weighted by molar-refractivity contribution is 5.29. The van der Waals surface area contributed by atoms with Gasteiger partial charge in [0, 0.05) is 25.7 Å². The smallest absolute Gasteiger partial charge is 0.118 e. The van der Waals surface area contributed by atoms with Crippen LogP contribution in [0, 0.1) is 5.92 Å². The highest BCUT2D eigenvalue weighted by atomic mass is 16.6. The molecule has 2 saturated heterocycles. The summed E-state index contributed by atoms with van der Waals surface area (Å²) in [4.78, 5) is 0. The Bertz CT molecular complexity index is 457. The zero-order valence-electron chi connectivity index (χ0n) is 12.5. The minimum Gasteiger partial charge on any atom is -0.497 e. The van der Waals surface area contributed by atoms with Gasteiger partial charge in [0.05, 0.1) is 19.3 Å². The molecule has 5 nitrogen and oxygen atoms in total. The molecule has 0 saturated carbocycles. The molecule has 0 bridgehead atoms. The number of hydrazine groups is 1. The van der Waals surface area contributed by atoms with Gasteiger partial charge in [0.1, 0.15) is 5.75 Å². The van der Waals surface area contributed by atoms with E-state index in [9.17, 15) is 0 Å². The van der Waals surface area contributed by atoms with Crippen LogP contribution in [0.25, 0.3) is 0 Å². The highest BCUT2D eigenvalue weighted by Gasteiger charge is 2.43. The predicted octanol–water partition coefficient (Wildman–Crippen LogP) is 1.79. The number of hydrogen-bond acceptors (Lipinski definition) is 5. The Balaban J connectivity index is 1.75. The van der Waals surface area contributed by atoms with Gasteiger partial charge >= 0.3 is 0 Å². The van der Waals surface area contributed by atoms with E-state index in [4.69, 9.17) is 20.1 Å². The van der Waals surface area contributed by atoms with Gasteiger partial charge in [-0.15, -0.1) is 0 Å². The lowest BCUT2D eigenvalue weighted by Crippen LogP contribution is -2.45. The molecule has 116 valence electrons. The van der Waals surface area contributed by atoms with E-state index in [-0.39, 0.29) is 11.6 Å². The molecule has 3 N–H and O–H groups in total. The number of nitrogens with one attached hydrogen (secondary N) is 1. The van der Waals surface area contributed by atoms with Gasteiger partial charge in [0.15, 0.2) is 0 Å². The number of ether oxygens (including phenoxy) is 3. The van der Waals surface area contributed by atoms with E-state index in [0.717, 1.165) is 38.2 Å². The first-order valence-corrected chi connectivity index (χ1v) is 7.58. The lowest BCUT2D eigenvalue weighted by Gasteiger charge is -2.40. The van der Waals surface area contributed by atoms with Crippen molar-refractivity contribution in [3.05, 3.63) is 29.8 Å². The Morgan fingerprint density at radius 3 is 2.76 bits per heavy atom. The van der Waals surface area contributed by atoms with Crippen LogP contribution in [0.5, 0.6) is 5.75 Å². The van der Waals surface area contributed by atoms with Gasteiger partial charge in [-0.25, -0.2) is 0 Å². The van der Waals surface area contributed by atoms with Crippen LogP contribution in [0.3, 0.4) is 0 Å². The fourth-order valence-electron chi connectivity index (χ4n) is 3.53. The van der Waals surface area contributed by atoms with Gasteiger partial charge < -0.3 is 14.2 Å². The first kappa shape index (κ1) is 14.8. The SMILES string of the molecule is COc1ccc(C(NN)C2CCOC3(CCOC3)C2)cc1. The van der Waals surface area contributed by atoms with Crippen LogP contribution in [-0.4, -0.2) is 32.5 Å². The molecule has 21 heavy (non-hydrogen) atoms. The van der Waals surface area contributed by atoms with E-state index in [1.807, 2.05) is 12.1 Å². The van der Waals surface area contributed by atoms with Gasteiger partial charge in [-0.3, -0.25) is 11.3 Å². The molecule has 2 aliphatic rings. The number of nitrogens with two attached hydrogens (primary N) is 1. The predicted molar refractivity (Wildman–Crippen MR) is 79.9 cm³/mol. The lowest BCUT2D eigenvalue weighted by atomic mass is 9.79. The molecule has 2 heterocycles. The van der Waals surface area contributed by atoms with Crippen molar-refractivity contribution in [2.45, 2.75) is 30.9 Å². The normalized spacial score (nSPS) is 30.5. The van der Waals surface area contributed by atoms with Crippen LogP contribution in [-0.2, 0) is 9.47 Å². The van der Waals surface area contributed by atoms with Crippen molar-refractivity contribution in [1.82, 2.24) is 5.43 Å². The van der Waals surface area contributed by atoms with Crippen molar-refractivity contribution >= 4 is 0 Å². The van der Waals surface area contributed by atoms with Crippen molar-refractivity contribution in [2.24, 2.45) is 11.8 Å². The fourth-order valence-corrected chi connectivity index (χ4v) is 3.53. The summed E-state index contributed by atoms with van der Waals surface area (Å²) >= 11 is 0. The largest absolute Gasteiger partial charge is 0.497 e. The minimum absolute atomic E-state index is 0.0928. The Morgan fingerprint density at radius 1 is 1.33 bits per heavy atom. The molecule has 0 aliphatic carbocycles. The fraction of sp³-hybridized carbons (Fsp3) is 0.625. The van der Waals surface area contributed by atoms with E-state index in [2.05, 4.69) is 17.6 Å². The standard InChI is InChI=1S/C16H24N2O3/c1-19-14-4-2-12(3-5-14)15(18-17)13-6-8-21-16(10-13)7-9-20-11-16/h2-5,13,15,18H,6-11,17H2,1H3. The van der Waals surface area contributed by atoms with Crippen LogP contribution in [0.1, 0.15) is 30.9 Å². The van der Waals surface area contributed by atoms with Crippen molar-refractivity contribution in [3.63, 3.8) is 0 Å². The van der Waals surface area contributed by atoms with E-state index in [1.54, 1.807) is 7.11 Å². The summed E-state index contributed by atoms with van der Waals surface area (Å²) in [5.41, 5.74) is 4.10. The first-order valence-electron chi connectivity index (χ1n) is 7.58. The number of methoxy groups -OCH3 is 1. The summed E-state index contributed by atoms with van der Waals surface area (Å²) in [5.74, 6) is 7.16. The molecule has 1 spiro atoms. The molecule has 3 atom stereocenters. The maximum atomic E-state index is 6.01. The van der Waals surface area contributed by atoms with Crippen molar-refractivity contribution in [3.8, 4) is 5.75 Å². The Labute approximate surface area is 125 Å². The summed E-state index contributed by atoms with van der Waals surface area (Å²) in [6.45, 7) is 2.29. The molecule has 3 rings (SSSR count). The molecule has 1 aromatic rings. The second kappa shape index (κ2) is 6.32. The summed E-state index contributed by atoms with van der Waals surface area (Å²) in [6.07, 6.45) is 3.00. The van der Waals surface area contributed by atoms with Crippen LogP contribution in [0.4, 0.5) is 0 Å². The second-order valence-corrected chi connectivity index (χ2v) is 6.00. The van der Waals surface area contributed by atoms with Crippen molar-refractivity contribution in [1.29, 1.82) is 0 Å². The highest BCUT2D eigenvalue weighted by Crippen LogP contribution is 2.40. The Morgan fingerprint density at radius 2 is 2.14 bits per heavy atom. The molecular formula is C16H24N2O3. The third-order valence-electron chi connectivity index (χ3n) is 4.72. The third-order valence-corrected chi connectivity index (χ3v) is 4.72. The molecule has 2 fully saturated rings. The Kier molecular flexibility index (Phi) is 4.45. The second-order valence-electron chi connectivity index (χ2n) is 6.00. The first-order chi connectivity index (χ1) is 10.3. The van der Waals surface area contributed by atoms with E-state index >= 15 is 0 Å². The number of hydrogen-bond donors (Lipinski definition) is 2. The van der Waals surface area contributed by atoms with Gasteiger partial charge in [0.2, 0.25) is 0 Å². The monoisotopic (exact) mass is 292 g/mol. The molecule has 0 aromatic heterocycles. The van der Waals surface area contributed by atoms with Crippen molar-refractivity contribution < 1.29 is 14.2 Å². The summed E-state index contributed by atoms with van der Waals surface area (Å²) in [6, 6.07) is 8.26. The lowest BCUT2D eigenvalue weighted by molar-refractivity contribution is -0.103. The average molecular weight is 292 g/mol. The van der Waals surface area contributed by atoms with Crippen LogP contribution < -0.4 is 16.0 Å². The topological polar surface area (TPSA) is 65.7 Å². The molecule has 3 unspecified atom stereocenters. The van der Waals surface area contributed by atoms with Gasteiger partial charge in [-0.05, 0) is 36.5 Å². The summed E-state index contributed by atoms with van der Waals surface area (Å²) < 4.78 is 16.8. The average Bonchev–Trinajstić information content (AvgIpc) is 2.96. The summed E-state index contributed by atoms with van der Waals surface area (Å²) in [7, 11) is 1.68. The number of benzene rings is 1. The van der Waals surface area contributed by atoms with Crippen LogP contribution in [0.15, 0.2) is 24.3 Å². The molecule has 2 aliphatic heterocycles. The van der Waals surface area contributed by atoms with Crippen LogP contribution in [0.2, 0.25) is 0 Å². The quantitative estimate of drug-likeness (QED) is 0.654.